The summed E-state index contributed by atoms with van der Waals surface area (Å²) in [6.07, 6.45) is 0.484. The molecular formula is C28H37N3O7S. The second-order valence-electron chi connectivity index (χ2n) is 10.7. The van der Waals surface area contributed by atoms with Gasteiger partial charge in [-0.15, -0.1) is 0 Å². The number of ether oxygens (including phenoxy) is 2. The average Bonchev–Trinajstić information content (AvgIpc) is 3.47. The van der Waals surface area contributed by atoms with Crippen molar-refractivity contribution >= 4 is 27.1 Å². The Balaban J connectivity index is 1.65. The van der Waals surface area contributed by atoms with Gasteiger partial charge in [-0.3, -0.25) is 9.50 Å². The zero-order chi connectivity index (χ0) is 28.2. The molecule has 0 radical (unpaired) electrons. The first-order valence-electron chi connectivity index (χ1n) is 12.9. The summed E-state index contributed by atoms with van der Waals surface area (Å²) in [5, 5.41) is 14.5. The van der Waals surface area contributed by atoms with E-state index < -0.39 is 46.3 Å². The molecule has 1 amide bonds. The Morgan fingerprint density at radius 3 is 2.54 bits per heavy atom. The molecule has 1 aromatic heterocycles. The van der Waals surface area contributed by atoms with Crippen LogP contribution in [0.25, 0.3) is 10.9 Å². The van der Waals surface area contributed by atoms with Crippen molar-refractivity contribution in [2.45, 2.75) is 63.9 Å². The molecule has 1 fully saturated rings. The van der Waals surface area contributed by atoms with E-state index in [2.05, 4.69) is 10.3 Å². The highest BCUT2D eigenvalue weighted by molar-refractivity contribution is 7.86. The number of nitrogens with zero attached hydrogens (tertiary/aromatic N) is 1. The van der Waals surface area contributed by atoms with E-state index in [0.29, 0.717) is 6.42 Å². The quantitative estimate of drug-likeness (QED) is 0.253. The molecule has 3 N–H and O–H groups in total. The molecule has 11 heteroatoms. The molecule has 212 valence electrons. The first-order chi connectivity index (χ1) is 18.4. The number of fused-ring (bicyclic) bond motifs is 1. The molecule has 3 aromatic rings. The van der Waals surface area contributed by atoms with Gasteiger partial charge in [-0.25, -0.2) is 4.79 Å². The van der Waals surface area contributed by atoms with Crippen molar-refractivity contribution in [3.8, 4) is 0 Å². The summed E-state index contributed by atoms with van der Waals surface area (Å²) >= 11 is 0. The first kappa shape index (κ1) is 29.0. The fraction of sp³-hybridized carbons (Fsp3) is 0.464. The Morgan fingerprint density at radius 2 is 1.85 bits per heavy atom. The van der Waals surface area contributed by atoms with Gasteiger partial charge in [-0.05, 0) is 44.4 Å². The second-order valence-corrected chi connectivity index (χ2v) is 12.3. The van der Waals surface area contributed by atoms with E-state index in [1.807, 2.05) is 60.8 Å². The van der Waals surface area contributed by atoms with Gasteiger partial charge >= 0.3 is 6.09 Å². The fourth-order valence-electron chi connectivity index (χ4n) is 4.98. The Labute approximate surface area is 229 Å². The Hall–Kier alpha value is -2.96. The highest BCUT2D eigenvalue weighted by Gasteiger charge is 2.46. The van der Waals surface area contributed by atoms with Crippen LogP contribution >= 0.6 is 0 Å². The van der Waals surface area contributed by atoms with Gasteiger partial charge in [0.25, 0.3) is 10.1 Å². The lowest BCUT2D eigenvalue weighted by Gasteiger charge is -2.36. The molecule has 10 nitrogen and oxygen atoms in total. The third-order valence-electron chi connectivity index (χ3n) is 6.52. The van der Waals surface area contributed by atoms with Crippen molar-refractivity contribution < 1.29 is 32.0 Å². The van der Waals surface area contributed by atoms with E-state index in [1.54, 1.807) is 20.8 Å². The largest absolute Gasteiger partial charge is 0.444 e. The molecule has 1 saturated heterocycles. The summed E-state index contributed by atoms with van der Waals surface area (Å²) in [4.78, 5) is 18.1. The van der Waals surface area contributed by atoms with E-state index in [0.717, 1.165) is 28.3 Å². The zero-order valence-corrected chi connectivity index (χ0v) is 23.5. The van der Waals surface area contributed by atoms with Crippen LogP contribution in [-0.2, 0) is 30.4 Å². The van der Waals surface area contributed by atoms with Gasteiger partial charge in [-0.1, -0.05) is 48.5 Å². The lowest BCUT2D eigenvalue weighted by molar-refractivity contribution is -0.129. The maximum absolute atomic E-state index is 13.3. The van der Waals surface area contributed by atoms with E-state index in [1.165, 1.54) is 4.90 Å². The Bertz CT molecular complexity index is 1350. The summed E-state index contributed by atoms with van der Waals surface area (Å²) in [6, 6.07) is 16.5. The number of nitrogens with one attached hydrogen (secondary N) is 2. The van der Waals surface area contributed by atoms with E-state index in [-0.39, 0.29) is 19.7 Å². The predicted molar refractivity (Wildman–Crippen MR) is 147 cm³/mol. The predicted octanol–water partition coefficient (Wildman–Crippen LogP) is 3.69. The van der Waals surface area contributed by atoms with Gasteiger partial charge in [0.15, 0.2) is 0 Å². The van der Waals surface area contributed by atoms with Gasteiger partial charge in [0.1, 0.15) is 5.60 Å². The number of benzene rings is 2. The summed E-state index contributed by atoms with van der Waals surface area (Å²) in [5.74, 6) is -0.488. The number of para-hydroxylation sites is 1. The van der Waals surface area contributed by atoms with Crippen LogP contribution in [0.5, 0.6) is 0 Å². The third kappa shape index (κ3) is 7.80. The number of rotatable bonds is 10. The number of carbonyl (C=O) groups excluding carboxylic acids is 1. The highest BCUT2D eigenvalue weighted by atomic mass is 32.2. The van der Waals surface area contributed by atoms with Crippen LogP contribution in [0.1, 0.15) is 44.2 Å². The minimum Gasteiger partial charge on any atom is -0.444 e. The third-order valence-corrected chi connectivity index (χ3v) is 7.11. The Kier molecular flexibility index (Phi) is 8.97. The lowest BCUT2D eigenvalue weighted by atomic mass is 9.88. The SMILES string of the molecule is CC(C)(C)OC(=O)N1CCC(OS(C)(=O)=O)C1C(CNC(O)OCc1ccccc1)c1c[nH]c2ccccc12. The molecule has 1 aliphatic rings. The van der Waals surface area contributed by atoms with Gasteiger partial charge in [-0.2, -0.15) is 8.42 Å². The minimum absolute atomic E-state index is 0.158. The number of carbonyl (C=O) groups is 1. The normalized spacial score (nSPS) is 19.8. The molecule has 0 spiro atoms. The summed E-state index contributed by atoms with van der Waals surface area (Å²) in [7, 11) is -3.82. The summed E-state index contributed by atoms with van der Waals surface area (Å²) in [6.45, 7) is 5.94. The topological polar surface area (TPSA) is 130 Å². The zero-order valence-electron chi connectivity index (χ0n) is 22.7. The minimum atomic E-state index is -3.82. The lowest BCUT2D eigenvalue weighted by Crippen LogP contribution is -2.49. The number of aliphatic hydroxyl groups is 1. The van der Waals surface area contributed by atoms with Crippen molar-refractivity contribution in [1.29, 1.82) is 0 Å². The number of H-pyrrole nitrogens is 1. The number of aromatic nitrogens is 1. The average molecular weight is 560 g/mol. The highest BCUT2D eigenvalue weighted by Crippen LogP contribution is 2.37. The number of hydrogen-bond donors (Lipinski definition) is 3. The van der Waals surface area contributed by atoms with E-state index in [4.69, 9.17) is 13.7 Å². The Morgan fingerprint density at radius 1 is 1.15 bits per heavy atom. The number of aromatic amines is 1. The maximum atomic E-state index is 13.3. The molecule has 4 unspecified atom stereocenters. The number of hydrogen-bond acceptors (Lipinski definition) is 8. The number of likely N-dealkylation sites (tertiary alicyclic amines) is 1. The smallest absolute Gasteiger partial charge is 0.410 e. The van der Waals surface area contributed by atoms with Crippen LogP contribution in [-0.4, -0.2) is 73.0 Å². The van der Waals surface area contributed by atoms with Crippen LogP contribution in [0.2, 0.25) is 0 Å². The van der Waals surface area contributed by atoms with Crippen molar-refractivity contribution in [3.63, 3.8) is 0 Å². The van der Waals surface area contributed by atoms with Crippen LogP contribution in [0.4, 0.5) is 4.79 Å². The standard InChI is InChI=1S/C28H37N3O7S/c1-28(2,3)37-27(33)31-15-14-24(38-39(4,34)35)25(31)22(21-16-29-23-13-9-8-12-20(21)23)17-30-26(32)36-18-19-10-6-5-7-11-19/h5-13,16,22,24-26,29-30,32H,14-15,17-18H2,1-4H3. The molecule has 4 atom stereocenters. The maximum Gasteiger partial charge on any atom is 0.410 e. The summed E-state index contributed by atoms with van der Waals surface area (Å²) < 4.78 is 41.2. The van der Waals surface area contributed by atoms with Crippen molar-refractivity contribution in [3.05, 3.63) is 71.9 Å². The molecule has 39 heavy (non-hydrogen) atoms. The molecule has 0 aliphatic carbocycles. The second kappa shape index (κ2) is 12.1. The molecule has 2 heterocycles. The molecule has 0 bridgehead atoms. The van der Waals surface area contributed by atoms with Crippen LogP contribution in [0, 0.1) is 0 Å². The van der Waals surface area contributed by atoms with Gasteiger partial charge in [0, 0.05) is 36.1 Å². The van der Waals surface area contributed by atoms with Crippen LogP contribution in [0.15, 0.2) is 60.8 Å². The van der Waals surface area contributed by atoms with E-state index >= 15 is 0 Å². The van der Waals surface area contributed by atoms with Gasteiger partial charge in [0.2, 0.25) is 6.41 Å². The molecule has 2 aromatic carbocycles. The first-order valence-corrected chi connectivity index (χ1v) is 14.7. The number of aliphatic hydroxyl groups excluding tert-OH is 1. The van der Waals surface area contributed by atoms with Crippen LogP contribution < -0.4 is 5.32 Å². The van der Waals surface area contributed by atoms with Gasteiger partial charge in [0.05, 0.1) is 25.0 Å². The number of amides is 1. The van der Waals surface area contributed by atoms with E-state index in [9.17, 15) is 18.3 Å². The van der Waals surface area contributed by atoms with Crippen molar-refractivity contribution in [2.24, 2.45) is 0 Å². The molecule has 4 rings (SSSR count). The fourth-order valence-corrected chi connectivity index (χ4v) is 5.64. The summed E-state index contributed by atoms with van der Waals surface area (Å²) in [5.41, 5.74) is 1.89. The van der Waals surface area contributed by atoms with Gasteiger partial charge < -0.3 is 24.5 Å². The molecule has 0 saturated carbocycles. The molecule has 1 aliphatic heterocycles. The van der Waals surface area contributed by atoms with Crippen LogP contribution in [0.3, 0.4) is 0 Å². The van der Waals surface area contributed by atoms with Crippen molar-refractivity contribution in [1.82, 2.24) is 15.2 Å². The molecular weight excluding hydrogens is 522 g/mol. The van der Waals surface area contributed by atoms with Crippen molar-refractivity contribution in [2.75, 3.05) is 19.3 Å². The monoisotopic (exact) mass is 559 g/mol.